The Morgan fingerprint density at radius 2 is 1.91 bits per heavy atom. The number of benzene rings is 1. The van der Waals surface area contributed by atoms with E-state index in [9.17, 15) is 13.7 Å². The largest absolute Gasteiger partial charge is 0.480 e. The summed E-state index contributed by atoms with van der Waals surface area (Å²) in [6, 6.07) is 10.6. The van der Waals surface area contributed by atoms with E-state index in [1.54, 1.807) is 49.0 Å². The molecule has 3 aromatic heterocycles. The molecule has 4 rings (SSSR count). The molecule has 1 aromatic carbocycles. The van der Waals surface area contributed by atoms with Gasteiger partial charge in [0.15, 0.2) is 5.65 Å². The Kier molecular flexibility index (Phi) is 6.09. The molecule has 33 heavy (non-hydrogen) atoms. The van der Waals surface area contributed by atoms with Crippen LogP contribution in [0.4, 0.5) is 10.1 Å². The molecular formula is C23H20FN5O3S. The van der Waals surface area contributed by atoms with Crippen LogP contribution in [0.2, 0.25) is 0 Å². The molecule has 0 aliphatic heterocycles. The topological polar surface area (TPSA) is 102 Å². The predicted octanol–water partition coefficient (Wildman–Crippen LogP) is 3.20. The van der Waals surface area contributed by atoms with Crippen molar-refractivity contribution >= 4 is 22.3 Å². The van der Waals surface area contributed by atoms with E-state index in [1.165, 1.54) is 31.4 Å². The molecule has 0 aliphatic rings. The third kappa shape index (κ3) is 5.16. The van der Waals surface area contributed by atoms with Crippen LogP contribution in [0.5, 0.6) is 5.88 Å². The standard InChI is InChI=1S/C23H20FN5O3S/c1-23(2,30)11-10-17-14-25-21-9-8-19(27-29(17)21)15-12-20(22(32-3)26-13-15)28-33(31)18-6-4-16(24)5-7-18/h4-9,12-14,28,30H,1-3H3. The van der Waals surface area contributed by atoms with Gasteiger partial charge in [-0.05, 0) is 62.2 Å². The Balaban J connectivity index is 1.69. The number of aromatic nitrogens is 4. The number of nitrogens with zero attached hydrogens (tertiary/aromatic N) is 4. The molecular weight excluding hydrogens is 445 g/mol. The van der Waals surface area contributed by atoms with Crippen LogP contribution in [0.15, 0.2) is 59.8 Å². The third-order valence-corrected chi connectivity index (χ3v) is 5.54. The summed E-state index contributed by atoms with van der Waals surface area (Å²) < 4.78 is 35.6. The van der Waals surface area contributed by atoms with Gasteiger partial charge in [0.25, 0.3) is 0 Å². The van der Waals surface area contributed by atoms with E-state index in [1.807, 2.05) is 0 Å². The molecule has 0 spiro atoms. The number of fused-ring (bicyclic) bond motifs is 1. The van der Waals surface area contributed by atoms with Gasteiger partial charge in [-0.1, -0.05) is 5.92 Å². The number of rotatable bonds is 5. The predicted molar refractivity (Wildman–Crippen MR) is 122 cm³/mol. The van der Waals surface area contributed by atoms with Crippen LogP contribution in [0.3, 0.4) is 0 Å². The fourth-order valence-electron chi connectivity index (χ4n) is 2.87. The Morgan fingerprint density at radius 1 is 1.15 bits per heavy atom. The summed E-state index contributed by atoms with van der Waals surface area (Å²) in [6.45, 7) is 3.19. The Bertz CT molecular complexity index is 1400. The van der Waals surface area contributed by atoms with Crippen LogP contribution in [0, 0.1) is 17.7 Å². The zero-order valence-corrected chi connectivity index (χ0v) is 18.9. The number of imidazole rings is 1. The van der Waals surface area contributed by atoms with Gasteiger partial charge in [0.05, 0.1) is 23.9 Å². The lowest BCUT2D eigenvalue weighted by molar-refractivity contribution is 0.143. The van der Waals surface area contributed by atoms with Crippen LogP contribution < -0.4 is 9.46 Å². The molecule has 168 valence electrons. The molecule has 0 saturated heterocycles. The number of anilines is 1. The lowest BCUT2D eigenvalue weighted by Crippen LogP contribution is -2.14. The summed E-state index contributed by atoms with van der Waals surface area (Å²) in [7, 11) is -0.208. The van der Waals surface area contributed by atoms with Crippen molar-refractivity contribution in [3.8, 4) is 29.0 Å². The van der Waals surface area contributed by atoms with E-state index >= 15 is 0 Å². The van der Waals surface area contributed by atoms with Crippen molar-refractivity contribution in [2.24, 2.45) is 0 Å². The van der Waals surface area contributed by atoms with Crippen molar-refractivity contribution in [3.63, 3.8) is 0 Å². The Hall–Kier alpha value is -3.81. The monoisotopic (exact) mass is 465 g/mol. The highest BCUT2D eigenvalue weighted by Gasteiger charge is 2.14. The Labute approximate surface area is 192 Å². The van der Waals surface area contributed by atoms with Crippen LogP contribution in [-0.2, 0) is 11.0 Å². The van der Waals surface area contributed by atoms with E-state index in [0.717, 1.165) is 0 Å². The van der Waals surface area contributed by atoms with Crippen molar-refractivity contribution in [2.45, 2.75) is 24.3 Å². The number of halogens is 1. The average Bonchev–Trinajstić information content (AvgIpc) is 3.20. The summed E-state index contributed by atoms with van der Waals surface area (Å²) in [5.41, 5.74) is 1.54. The van der Waals surface area contributed by atoms with E-state index in [4.69, 9.17) is 4.74 Å². The number of ether oxygens (including phenoxy) is 1. The molecule has 1 atom stereocenters. The van der Waals surface area contributed by atoms with E-state index in [2.05, 4.69) is 31.6 Å². The van der Waals surface area contributed by atoms with Gasteiger partial charge in [0.1, 0.15) is 33.8 Å². The van der Waals surface area contributed by atoms with E-state index in [0.29, 0.717) is 33.2 Å². The molecule has 0 amide bonds. The van der Waals surface area contributed by atoms with Crippen LogP contribution in [0.25, 0.3) is 16.9 Å². The third-order valence-electron chi connectivity index (χ3n) is 4.43. The molecule has 0 radical (unpaired) electrons. The zero-order chi connectivity index (χ0) is 23.6. The van der Waals surface area contributed by atoms with Crippen LogP contribution in [0.1, 0.15) is 19.5 Å². The molecule has 0 fully saturated rings. The fraction of sp³-hybridized carbons (Fsp3) is 0.174. The van der Waals surface area contributed by atoms with Gasteiger partial charge in [-0.15, -0.1) is 0 Å². The number of methoxy groups -OCH3 is 1. The molecule has 1 unspecified atom stereocenters. The number of pyridine rings is 1. The van der Waals surface area contributed by atoms with Gasteiger partial charge < -0.3 is 9.84 Å². The first kappa shape index (κ1) is 22.4. The maximum atomic E-state index is 13.2. The van der Waals surface area contributed by atoms with Crippen LogP contribution >= 0.6 is 0 Å². The average molecular weight is 466 g/mol. The second kappa shape index (κ2) is 8.97. The molecule has 8 nitrogen and oxygen atoms in total. The second-order valence-corrected chi connectivity index (χ2v) is 8.76. The van der Waals surface area contributed by atoms with E-state index < -0.39 is 22.4 Å². The van der Waals surface area contributed by atoms with Gasteiger partial charge in [-0.2, -0.15) is 5.10 Å². The fourth-order valence-corrected chi connectivity index (χ4v) is 3.72. The summed E-state index contributed by atoms with van der Waals surface area (Å²) in [5.74, 6) is 5.47. The molecule has 0 saturated carbocycles. The molecule has 10 heteroatoms. The molecule has 2 N–H and O–H groups in total. The number of hydrogen-bond donors (Lipinski definition) is 2. The first-order chi connectivity index (χ1) is 15.7. The SMILES string of the molecule is COc1ncc(-c2ccc3ncc(C#CC(C)(C)O)n3n2)cc1NS(=O)c1ccc(F)cc1. The van der Waals surface area contributed by atoms with Crippen molar-refractivity contribution in [3.05, 3.63) is 66.4 Å². The van der Waals surface area contributed by atoms with E-state index in [-0.39, 0.29) is 5.88 Å². The van der Waals surface area contributed by atoms with Gasteiger partial charge in [-0.3, -0.25) is 4.72 Å². The molecule has 0 bridgehead atoms. The molecule has 4 aromatic rings. The lowest BCUT2D eigenvalue weighted by Gasteiger charge is -2.11. The normalized spacial score (nSPS) is 12.2. The zero-order valence-electron chi connectivity index (χ0n) is 18.0. The Morgan fingerprint density at radius 3 is 2.61 bits per heavy atom. The van der Waals surface area contributed by atoms with Crippen molar-refractivity contribution in [1.82, 2.24) is 19.6 Å². The number of hydrogen-bond acceptors (Lipinski definition) is 6. The highest BCUT2D eigenvalue weighted by molar-refractivity contribution is 7.86. The maximum absolute atomic E-state index is 13.2. The minimum atomic E-state index is -1.66. The summed E-state index contributed by atoms with van der Waals surface area (Å²) in [4.78, 5) is 8.97. The number of nitrogens with one attached hydrogen (secondary N) is 1. The number of aliphatic hydroxyl groups is 1. The lowest BCUT2D eigenvalue weighted by atomic mass is 10.1. The summed E-state index contributed by atoms with van der Waals surface area (Å²) >= 11 is 0. The summed E-state index contributed by atoms with van der Waals surface area (Å²) in [6.07, 6.45) is 3.16. The minimum absolute atomic E-state index is 0.245. The van der Waals surface area contributed by atoms with Crippen molar-refractivity contribution in [2.75, 3.05) is 11.8 Å². The minimum Gasteiger partial charge on any atom is -0.480 e. The molecule has 0 aliphatic carbocycles. The molecule has 3 heterocycles. The van der Waals surface area contributed by atoms with Gasteiger partial charge in [0, 0.05) is 11.8 Å². The maximum Gasteiger partial charge on any atom is 0.238 e. The summed E-state index contributed by atoms with van der Waals surface area (Å²) in [5, 5.41) is 14.5. The first-order valence-electron chi connectivity index (χ1n) is 9.82. The van der Waals surface area contributed by atoms with Crippen molar-refractivity contribution in [1.29, 1.82) is 0 Å². The van der Waals surface area contributed by atoms with Gasteiger partial charge >= 0.3 is 0 Å². The van der Waals surface area contributed by atoms with Gasteiger partial charge in [0.2, 0.25) is 5.88 Å². The quantitative estimate of drug-likeness (QED) is 0.439. The highest BCUT2D eigenvalue weighted by Crippen LogP contribution is 2.28. The van der Waals surface area contributed by atoms with Gasteiger partial charge in [-0.25, -0.2) is 23.1 Å². The van der Waals surface area contributed by atoms with Crippen molar-refractivity contribution < 1.29 is 18.4 Å². The second-order valence-electron chi connectivity index (χ2n) is 7.55. The highest BCUT2D eigenvalue weighted by atomic mass is 32.2. The van der Waals surface area contributed by atoms with Crippen LogP contribution in [-0.4, -0.2) is 41.6 Å². The first-order valence-corrected chi connectivity index (χ1v) is 11.0. The smallest absolute Gasteiger partial charge is 0.238 e.